The number of unbranched alkanes of at least 4 members (excludes halogenated alkanes) is 1. The number of Topliss-reactive ketones (excluding diaryl/α,β-unsaturated/α-hetero) is 1. The maximum atomic E-state index is 12.9. The molecule has 2 aliphatic carbocycles. The molecule has 3 rings (SSSR count). The van der Waals surface area contributed by atoms with E-state index in [1.54, 1.807) is 0 Å². The Kier molecular flexibility index (Phi) is 4.07. The number of rotatable bonds is 5. The molecule has 2 saturated carbocycles. The monoisotopic (exact) mass is 313 g/mol. The van der Waals surface area contributed by atoms with E-state index in [9.17, 15) is 9.59 Å². The molecule has 2 unspecified atom stereocenters. The molecular weight excluding hydrogens is 286 g/mol. The highest BCUT2D eigenvalue weighted by Gasteiger charge is 2.68. The van der Waals surface area contributed by atoms with Crippen molar-refractivity contribution < 1.29 is 9.59 Å². The Bertz CT molecular complexity index is 617. The van der Waals surface area contributed by atoms with Gasteiger partial charge in [-0.3, -0.25) is 9.59 Å². The van der Waals surface area contributed by atoms with Crippen molar-refractivity contribution in [2.24, 2.45) is 16.7 Å². The fraction of sp³-hybridized carbons (Fsp3) is 0.600. The van der Waals surface area contributed by atoms with Crippen molar-refractivity contribution in [1.82, 2.24) is 0 Å². The first kappa shape index (κ1) is 16.2. The van der Waals surface area contributed by atoms with Crippen LogP contribution in [0, 0.1) is 16.7 Å². The zero-order valence-electron chi connectivity index (χ0n) is 14.4. The third-order valence-corrected chi connectivity index (χ3v) is 6.31. The van der Waals surface area contributed by atoms with Gasteiger partial charge >= 0.3 is 0 Å². The van der Waals surface area contributed by atoms with Crippen LogP contribution in [-0.4, -0.2) is 11.7 Å². The van der Waals surface area contributed by atoms with E-state index in [0.717, 1.165) is 18.5 Å². The topological polar surface area (TPSA) is 46.2 Å². The summed E-state index contributed by atoms with van der Waals surface area (Å²) in [5, 5.41) is 3.01. The summed E-state index contributed by atoms with van der Waals surface area (Å²) in [6, 6.07) is 8.06. The highest BCUT2D eigenvalue weighted by molar-refractivity contribution is 6.14. The average Bonchev–Trinajstić information content (AvgIpc) is 2.89. The molecule has 2 fully saturated rings. The Hall–Kier alpha value is -1.64. The number of amides is 1. The fourth-order valence-electron chi connectivity index (χ4n) is 4.58. The molecule has 1 amide bonds. The van der Waals surface area contributed by atoms with Crippen LogP contribution in [0.2, 0.25) is 0 Å². The van der Waals surface area contributed by atoms with E-state index in [1.807, 2.05) is 12.1 Å². The lowest BCUT2D eigenvalue weighted by atomic mass is 9.68. The second-order valence-electron chi connectivity index (χ2n) is 7.74. The maximum absolute atomic E-state index is 12.9. The molecule has 0 aliphatic heterocycles. The molecular formula is C20H27NO2. The number of carbonyl (C=O) groups is 2. The van der Waals surface area contributed by atoms with Crippen molar-refractivity contribution in [3.8, 4) is 0 Å². The zero-order chi connectivity index (χ0) is 16.7. The fourth-order valence-corrected chi connectivity index (χ4v) is 4.58. The second kappa shape index (κ2) is 5.77. The van der Waals surface area contributed by atoms with Gasteiger partial charge in [0.05, 0.1) is 0 Å². The van der Waals surface area contributed by atoms with Crippen LogP contribution >= 0.6 is 0 Å². The molecule has 23 heavy (non-hydrogen) atoms. The third-order valence-electron chi connectivity index (χ3n) is 6.31. The molecule has 2 aliphatic rings. The first-order chi connectivity index (χ1) is 10.9. The summed E-state index contributed by atoms with van der Waals surface area (Å²) in [7, 11) is 0. The minimum Gasteiger partial charge on any atom is -0.325 e. The summed E-state index contributed by atoms with van der Waals surface area (Å²) < 4.78 is 0. The number of carbonyl (C=O) groups excluding carboxylic acids is 2. The van der Waals surface area contributed by atoms with E-state index in [2.05, 4.69) is 38.2 Å². The van der Waals surface area contributed by atoms with Gasteiger partial charge in [0, 0.05) is 12.1 Å². The molecule has 1 N–H and O–H groups in total. The minimum absolute atomic E-state index is 0.103. The van der Waals surface area contributed by atoms with Crippen molar-refractivity contribution in [3.05, 3.63) is 29.8 Å². The number of ketones is 1. The highest BCUT2D eigenvalue weighted by atomic mass is 16.2. The quantitative estimate of drug-likeness (QED) is 0.821. The predicted octanol–water partition coefficient (Wildman–Crippen LogP) is 4.36. The molecule has 1 aromatic rings. The smallest absolute Gasteiger partial charge is 0.238 e. The van der Waals surface area contributed by atoms with Crippen LogP contribution in [0.1, 0.15) is 58.4 Å². The molecule has 0 aromatic heterocycles. The van der Waals surface area contributed by atoms with E-state index in [-0.39, 0.29) is 17.1 Å². The molecule has 3 heteroatoms. The van der Waals surface area contributed by atoms with E-state index in [0.29, 0.717) is 18.8 Å². The minimum atomic E-state index is -0.821. The molecule has 2 atom stereocenters. The first-order valence-electron chi connectivity index (χ1n) is 8.85. The van der Waals surface area contributed by atoms with Gasteiger partial charge in [0.2, 0.25) is 5.91 Å². The Balaban J connectivity index is 1.75. The van der Waals surface area contributed by atoms with E-state index in [1.165, 1.54) is 18.4 Å². The normalized spacial score (nSPS) is 28.1. The molecule has 124 valence electrons. The van der Waals surface area contributed by atoms with Crippen LogP contribution in [0.15, 0.2) is 24.3 Å². The van der Waals surface area contributed by atoms with Gasteiger partial charge in [-0.1, -0.05) is 39.3 Å². The van der Waals surface area contributed by atoms with Crippen LogP contribution in [0.3, 0.4) is 0 Å². The van der Waals surface area contributed by atoms with Crippen molar-refractivity contribution in [3.63, 3.8) is 0 Å². The number of fused-ring (bicyclic) bond motifs is 2. The van der Waals surface area contributed by atoms with Crippen LogP contribution < -0.4 is 5.32 Å². The van der Waals surface area contributed by atoms with Gasteiger partial charge in [-0.05, 0) is 54.7 Å². The average molecular weight is 313 g/mol. The van der Waals surface area contributed by atoms with Crippen molar-refractivity contribution in [2.75, 3.05) is 5.32 Å². The van der Waals surface area contributed by atoms with Gasteiger partial charge in [0.1, 0.15) is 11.2 Å². The van der Waals surface area contributed by atoms with Crippen molar-refractivity contribution in [1.29, 1.82) is 0 Å². The summed E-state index contributed by atoms with van der Waals surface area (Å²) in [5.41, 5.74) is 1.04. The lowest BCUT2D eigenvalue weighted by Crippen LogP contribution is -2.46. The maximum Gasteiger partial charge on any atom is 0.238 e. The summed E-state index contributed by atoms with van der Waals surface area (Å²) >= 11 is 0. The van der Waals surface area contributed by atoms with Crippen molar-refractivity contribution >= 4 is 17.4 Å². The van der Waals surface area contributed by atoms with Gasteiger partial charge in [0.15, 0.2) is 0 Å². The van der Waals surface area contributed by atoms with Gasteiger partial charge in [0.25, 0.3) is 0 Å². The van der Waals surface area contributed by atoms with E-state index < -0.39 is 5.41 Å². The molecule has 0 saturated heterocycles. The number of benzene rings is 1. The molecule has 3 nitrogen and oxygen atoms in total. The summed E-state index contributed by atoms with van der Waals surface area (Å²) in [6.07, 6.45) is 5.68. The SMILES string of the molecule is CCCCc1ccc(NC(=O)C23CCC(CC2=O)C3(C)C)cc1. The Morgan fingerprint density at radius 2 is 1.96 bits per heavy atom. The number of aryl methyl sites for hydroxylation is 1. The summed E-state index contributed by atoms with van der Waals surface area (Å²) in [6.45, 7) is 6.36. The van der Waals surface area contributed by atoms with Gasteiger partial charge < -0.3 is 5.32 Å². The van der Waals surface area contributed by atoms with Gasteiger partial charge in [-0.25, -0.2) is 0 Å². The van der Waals surface area contributed by atoms with Crippen LogP contribution in [0.5, 0.6) is 0 Å². The largest absolute Gasteiger partial charge is 0.325 e. The third kappa shape index (κ3) is 2.41. The van der Waals surface area contributed by atoms with E-state index >= 15 is 0 Å². The highest BCUT2D eigenvalue weighted by Crippen LogP contribution is 2.64. The molecule has 2 bridgehead atoms. The number of anilines is 1. The lowest BCUT2D eigenvalue weighted by Gasteiger charge is -2.34. The molecule has 0 radical (unpaired) electrons. The Morgan fingerprint density at radius 1 is 1.26 bits per heavy atom. The Labute approximate surface area is 138 Å². The number of hydrogen-bond acceptors (Lipinski definition) is 2. The van der Waals surface area contributed by atoms with Crippen LogP contribution in [0.4, 0.5) is 5.69 Å². The van der Waals surface area contributed by atoms with Gasteiger partial charge in [-0.15, -0.1) is 0 Å². The summed E-state index contributed by atoms with van der Waals surface area (Å²) in [4.78, 5) is 25.5. The molecule has 0 heterocycles. The Morgan fingerprint density at radius 3 is 2.48 bits per heavy atom. The van der Waals surface area contributed by atoms with Gasteiger partial charge in [-0.2, -0.15) is 0 Å². The standard InChI is InChI=1S/C20H27NO2/c1-4-5-6-14-7-9-16(10-8-14)21-18(23)20-12-11-15(13-17(20)22)19(20,2)3/h7-10,15H,4-6,11-13H2,1-3H3,(H,21,23). The van der Waals surface area contributed by atoms with Crippen molar-refractivity contribution in [2.45, 2.75) is 59.3 Å². The van der Waals surface area contributed by atoms with E-state index in [4.69, 9.17) is 0 Å². The van der Waals surface area contributed by atoms with Crippen LogP contribution in [0.25, 0.3) is 0 Å². The summed E-state index contributed by atoms with van der Waals surface area (Å²) in [5.74, 6) is 0.391. The number of nitrogens with one attached hydrogen (secondary N) is 1. The number of hydrogen-bond donors (Lipinski definition) is 1. The predicted molar refractivity (Wildman–Crippen MR) is 92.2 cm³/mol. The lowest BCUT2D eigenvalue weighted by molar-refractivity contribution is -0.141. The zero-order valence-corrected chi connectivity index (χ0v) is 14.4. The first-order valence-corrected chi connectivity index (χ1v) is 8.85. The van der Waals surface area contributed by atoms with Crippen LogP contribution in [-0.2, 0) is 16.0 Å². The molecule has 0 spiro atoms. The molecule has 1 aromatic carbocycles. The second-order valence-corrected chi connectivity index (χ2v) is 7.74.